The normalized spacial score (nSPS) is 14.3. The van der Waals surface area contributed by atoms with Gasteiger partial charge in [-0.3, -0.25) is 9.59 Å². The first-order valence-electron chi connectivity index (χ1n) is 8.13. The first kappa shape index (κ1) is 21.4. The molecule has 2 N–H and O–H groups in total. The van der Waals surface area contributed by atoms with Crippen molar-refractivity contribution in [2.45, 2.75) is 79.5 Å². The summed E-state index contributed by atoms with van der Waals surface area (Å²) in [6.07, 6.45) is -0.171. The Kier molecular flexibility index (Phi) is 8.28. The van der Waals surface area contributed by atoms with Crippen LogP contribution >= 0.6 is 0 Å². The van der Waals surface area contributed by atoms with Crippen LogP contribution in [0.15, 0.2) is 0 Å². The van der Waals surface area contributed by atoms with Gasteiger partial charge in [-0.2, -0.15) is 0 Å². The number of alkyl carbamates (subject to hydrolysis) is 1. The number of carbonyl (C=O) groups is 3. The van der Waals surface area contributed by atoms with Gasteiger partial charge in [-0.1, -0.05) is 27.7 Å². The Balaban J connectivity index is 4.98. The molecule has 0 radical (unpaired) electrons. The van der Waals surface area contributed by atoms with E-state index in [0.29, 0.717) is 6.42 Å². The predicted molar refractivity (Wildman–Crippen MR) is 90.1 cm³/mol. The third-order valence-corrected chi connectivity index (χ3v) is 3.12. The zero-order chi connectivity index (χ0) is 18.4. The molecular weight excluding hydrogens is 296 g/mol. The van der Waals surface area contributed by atoms with Crippen LogP contribution in [0.4, 0.5) is 4.79 Å². The van der Waals surface area contributed by atoms with Gasteiger partial charge < -0.3 is 15.4 Å². The lowest BCUT2D eigenvalue weighted by Gasteiger charge is -2.26. The minimum atomic E-state index is -0.731. The van der Waals surface area contributed by atoms with Crippen molar-refractivity contribution in [2.75, 3.05) is 0 Å². The zero-order valence-corrected chi connectivity index (χ0v) is 15.6. The average molecular weight is 328 g/mol. The molecule has 0 bridgehead atoms. The Hall–Kier alpha value is -1.59. The molecule has 0 rings (SSSR count). The number of Topliss-reactive ketones (excluding diaryl/α,β-unsaturated/α-hetero) is 1. The van der Waals surface area contributed by atoms with Gasteiger partial charge in [0.1, 0.15) is 11.6 Å². The molecule has 0 aliphatic heterocycles. The highest BCUT2D eigenvalue weighted by molar-refractivity contribution is 5.91. The second kappa shape index (κ2) is 8.89. The molecule has 0 unspecified atom stereocenters. The van der Waals surface area contributed by atoms with Crippen LogP contribution in [0, 0.1) is 11.8 Å². The lowest BCUT2D eigenvalue weighted by Crippen LogP contribution is -2.53. The standard InChI is InChI=1S/C17H32N2O4/c1-10(2)9-13(18-16(22)23-17(6,7)8)15(21)19-14(11(3)4)12(5)20/h10-11,13-14H,9H2,1-8H3,(H,18,22)(H,19,21)/t13-,14-/m0/s1. The fourth-order valence-electron chi connectivity index (χ4n) is 2.14. The van der Waals surface area contributed by atoms with Crippen molar-refractivity contribution in [3.63, 3.8) is 0 Å². The molecule has 0 aromatic heterocycles. The van der Waals surface area contributed by atoms with Crippen LogP contribution in [0.2, 0.25) is 0 Å². The van der Waals surface area contributed by atoms with E-state index in [2.05, 4.69) is 10.6 Å². The smallest absolute Gasteiger partial charge is 0.408 e. The number of hydrogen-bond donors (Lipinski definition) is 2. The number of amides is 2. The van der Waals surface area contributed by atoms with E-state index in [9.17, 15) is 14.4 Å². The minimum absolute atomic E-state index is 0.0160. The van der Waals surface area contributed by atoms with E-state index >= 15 is 0 Å². The van der Waals surface area contributed by atoms with Crippen LogP contribution in [0.1, 0.15) is 61.8 Å². The van der Waals surface area contributed by atoms with Gasteiger partial charge in [-0.25, -0.2) is 4.79 Å². The van der Waals surface area contributed by atoms with Crippen LogP contribution in [-0.2, 0) is 14.3 Å². The molecule has 6 heteroatoms. The Bertz CT molecular complexity index is 425. The number of ketones is 1. The van der Waals surface area contributed by atoms with Crippen molar-refractivity contribution < 1.29 is 19.1 Å². The van der Waals surface area contributed by atoms with Crippen molar-refractivity contribution in [3.8, 4) is 0 Å². The highest BCUT2D eigenvalue weighted by Gasteiger charge is 2.28. The molecule has 0 saturated carbocycles. The van der Waals surface area contributed by atoms with Gasteiger partial charge in [0.25, 0.3) is 0 Å². The Morgan fingerprint density at radius 3 is 1.87 bits per heavy atom. The van der Waals surface area contributed by atoms with E-state index in [1.165, 1.54) is 6.92 Å². The van der Waals surface area contributed by atoms with Gasteiger partial charge in [0.15, 0.2) is 5.78 Å². The van der Waals surface area contributed by atoms with E-state index in [1.54, 1.807) is 20.8 Å². The SMILES string of the molecule is CC(=O)[C@@H](NC(=O)[C@H](CC(C)C)NC(=O)OC(C)(C)C)C(C)C. The molecule has 0 saturated heterocycles. The van der Waals surface area contributed by atoms with E-state index in [1.807, 2.05) is 27.7 Å². The number of ether oxygens (including phenoxy) is 1. The number of nitrogens with one attached hydrogen (secondary N) is 2. The average Bonchev–Trinajstić information content (AvgIpc) is 2.30. The molecular formula is C17H32N2O4. The van der Waals surface area contributed by atoms with E-state index in [4.69, 9.17) is 4.74 Å². The fraction of sp³-hybridized carbons (Fsp3) is 0.824. The Morgan fingerprint density at radius 2 is 1.52 bits per heavy atom. The predicted octanol–water partition coefficient (Wildman–Crippen LogP) is 2.66. The Labute approximate surface area is 139 Å². The summed E-state index contributed by atoms with van der Waals surface area (Å²) in [5.41, 5.74) is -0.636. The summed E-state index contributed by atoms with van der Waals surface area (Å²) in [4.78, 5) is 36.0. The van der Waals surface area contributed by atoms with Gasteiger partial charge in [-0.15, -0.1) is 0 Å². The van der Waals surface area contributed by atoms with Crippen LogP contribution in [-0.4, -0.2) is 35.5 Å². The van der Waals surface area contributed by atoms with Gasteiger partial charge in [0.2, 0.25) is 5.91 Å². The monoisotopic (exact) mass is 328 g/mol. The summed E-state index contributed by atoms with van der Waals surface area (Å²) < 4.78 is 5.20. The first-order valence-corrected chi connectivity index (χ1v) is 8.13. The van der Waals surface area contributed by atoms with Crippen molar-refractivity contribution in [1.82, 2.24) is 10.6 Å². The van der Waals surface area contributed by atoms with Gasteiger partial charge in [-0.05, 0) is 46.0 Å². The van der Waals surface area contributed by atoms with E-state index in [0.717, 1.165) is 0 Å². The Morgan fingerprint density at radius 1 is 1.00 bits per heavy atom. The largest absolute Gasteiger partial charge is 0.444 e. The van der Waals surface area contributed by atoms with Gasteiger partial charge in [0.05, 0.1) is 6.04 Å². The van der Waals surface area contributed by atoms with Crippen molar-refractivity contribution in [1.29, 1.82) is 0 Å². The third kappa shape index (κ3) is 9.21. The number of hydrogen-bond acceptors (Lipinski definition) is 4. The molecule has 0 aliphatic rings. The summed E-state index contributed by atoms with van der Waals surface area (Å²) in [5.74, 6) is -0.277. The maximum atomic E-state index is 12.5. The summed E-state index contributed by atoms with van der Waals surface area (Å²) in [5, 5.41) is 5.33. The quantitative estimate of drug-likeness (QED) is 0.752. The molecule has 6 nitrogen and oxygen atoms in total. The van der Waals surface area contributed by atoms with Crippen LogP contribution in [0.25, 0.3) is 0 Å². The maximum Gasteiger partial charge on any atom is 0.408 e. The molecule has 2 atom stereocenters. The molecule has 0 spiro atoms. The zero-order valence-electron chi connectivity index (χ0n) is 15.6. The lowest BCUT2D eigenvalue weighted by molar-refractivity contribution is -0.129. The van der Waals surface area contributed by atoms with Gasteiger partial charge >= 0.3 is 6.09 Å². The summed E-state index contributed by atoms with van der Waals surface area (Å²) in [7, 11) is 0. The third-order valence-electron chi connectivity index (χ3n) is 3.12. The highest BCUT2D eigenvalue weighted by Crippen LogP contribution is 2.11. The summed E-state index contributed by atoms with van der Waals surface area (Å²) in [6, 6.07) is -1.29. The van der Waals surface area contributed by atoms with Crippen molar-refractivity contribution in [3.05, 3.63) is 0 Å². The van der Waals surface area contributed by atoms with Crippen molar-refractivity contribution >= 4 is 17.8 Å². The molecule has 0 aromatic carbocycles. The summed E-state index contributed by atoms with van der Waals surface area (Å²) >= 11 is 0. The number of carbonyl (C=O) groups excluding carboxylic acids is 3. The lowest BCUT2D eigenvalue weighted by atomic mass is 9.98. The first-order chi connectivity index (χ1) is 10.3. The molecule has 2 amide bonds. The maximum absolute atomic E-state index is 12.5. The fourth-order valence-corrected chi connectivity index (χ4v) is 2.14. The molecule has 23 heavy (non-hydrogen) atoms. The second-order valence-electron chi connectivity index (χ2n) is 7.67. The van der Waals surface area contributed by atoms with Crippen molar-refractivity contribution in [2.24, 2.45) is 11.8 Å². The number of rotatable bonds is 7. The molecule has 0 aliphatic carbocycles. The summed E-state index contributed by atoms with van der Waals surface area (Å²) in [6.45, 7) is 14.4. The highest BCUT2D eigenvalue weighted by atomic mass is 16.6. The molecule has 0 heterocycles. The van der Waals surface area contributed by atoms with E-state index < -0.39 is 23.8 Å². The molecule has 0 aromatic rings. The molecule has 134 valence electrons. The van der Waals surface area contributed by atoms with E-state index in [-0.39, 0.29) is 23.5 Å². The van der Waals surface area contributed by atoms with Crippen LogP contribution in [0.5, 0.6) is 0 Å². The molecule has 0 fully saturated rings. The second-order valence-corrected chi connectivity index (χ2v) is 7.67. The van der Waals surface area contributed by atoms with Crippen LogP contribution < -0.4 is 10.6 Å². The van der Waals surface area contributed by atoms with Gasteiger partial charge in [0, 0.05) is 0 Å². The van der Waals surface area contributed by atoms with Crippen LogP contribution in [0.3, 0.4) is 0 Å². The topological polar surface area (TPSA) is 84.5 Å². The minimum Gasteiger partial charge on any atom is -0.444 e.